The van der Waals surface area contributed by atoms with E-state index in [-0.39, 0.29) is 6.42 Å². The third-order valence-electron chi connectivity index (χ3n) is 3.34. The van der Waals surface area contributed by atoms with Gasteiger partial charge in [-0.15, -0.1) is 0 Å². The lowest BCUT2D eigenvalue weighted by atomic mass is 10.1. The van der Waals surface area contributed by atoms with Crippen LogP contribution in [0.25, 0.3) is 0 Å². The van der Waals surface area contributed by atoms with E-state index < -0.39 is 29.6 Å². The fourth-order valence-corrected chi connectivity index (χ4v) is 2.16. The van der Waals surface area contributed by atoms with Gasteiger partial charge in [-0.25, -0.2) is 9.59 Å². The molecule has 1 aromatic carbocycles. The molecule has 0 bridgehead atoms. The second kappa shape index (κ2) is 12.6. The quantitative estimate of drug-likeness (QED) is 0.395. The van der Waals surface area contributed by atoms with Crippen molar-refractivity contribution in [1.82, 2.24) is 10.6 Å². The first kappa shape index (κ1) is 25.2. The van der Waals surface area contributed by atoms with Crippen molar-refractivity contribution in [3.8, 4) is 0 Å². The number of benzene rings is 1. The summed E-state index contributed by atoms with van der Waals surface area (Å²) in [5, 5.41) is 14.4. The first-order chi connectivity index (χ1) is 13.1. The lowest BCUT2D eigenvalue weighted by Gasteiger charge is -2.19. The minimum absolute atomic E-state index is 0.249. The van der Waals surface area contributed by atoms with Gasteiger partial charge in [-0.3, -0.25) is 4.79 Å². The molecule has 158 valence electrons. The zero-order chi connectivity index (χ0) is 21.7. The monoisotopic (exact) mass is 395 g/mol. The molecule has 1 aromatic rings. The summed E-state index contributed by atoms with van der Waals surface area (Å²) in [4.78, 5) is 35.0. The number of hydrogen-bond donors (Lipinski definition) is 4. The fourth-order valence-electron chi connectivity index (χ4n) is 2.16. The van der Waals surface area contributed by atoms with Crippen molar-refractivity contribution in [1.29, 1.82) is 0 Å². The summed E-state index contributed by atoms with van der Waals surface area (Å²) in [6.45, 7) is 9.68. The van der Waals surface area contributed by atoms with E-state index in [1.54, 1.807) is 39.0 Å². The molecule has 0 aliphatic heterocycles. The summed E-state index contributed by atoms with van der Waals surface area (Å²) >= 11 is 0. The predicted octanol–water partition coefficient (Wildman–Crippen LogP) is 3.17. The van der Waals surface area contributed by atoms with Crippen molar-refractivity contribution in [2.24, 2.45) is 0 Å². The van der Waals surface area contributed by atoms with Crippen LogP contribution in [0, 0.1) is 0 Å². The molecule has 28 heavy (non-hydrogen) atoms. The topological polar surface area (TPSA) is 131 Å². The number of amides is 2. The second-order valence-electron chi connectivity index (χ2n) is 6.91. The van der Waals surface area contributed by atoms with Crippen LogP contribution in [0.5, 0.6) is 0 Å². The summed E-state index contributed by atoms with van der Waals surface area (Å²) in [7, 11) is 0. The number of hydrogen-bond acceptors (Lipinski definition) is 5. The molecule has 0 aromatic heterocycles. The van der Waals surface area contributed by atoms with Crippen LogP contribution in [0.15, 0.2) is 24.3 Å². The van der Waals surface area contributed by atoms with E-state index in [4.69, 9.17) is 10.5 Å². The molecule has 1 rings (SSSR count). The number of nitrogens with one attached hydrogen (secondary N) is 2. The van der Waals surface area contributed by atoms with E-state index in [9.17, 15) is 19.5 Å². The maximum atomic E-state index is 12.1. The highest BCUT2D eigenvalue weighted by Crippen LogP contribution is 2.09. The van der Waals surface area contributed by atoms with E-state index in [1.165, 1.54) is 6.07 Å². The van der Waals surface area contributed by atoms with Gasteiger partial charge in [0, 0.05) is 17.8 Å². The largest absolute Gasteiger partial charge is 0.480 e. The van der Waals surface area contributed by atoms with Crippen LogP contribution in [0.4, 0.5) is 10.5 Å². The van der Waals surface area contributed by atoms with E-state index in [0.717, 1.165) is 0 Å². The molecule has 0 aliphatic carbocycles. The van der Waals surface area contributed by atoms with Crippen molar-refractivity contribution in [2.45, 2.75) is 65.5 Å². The molecule has 0 fully saturated rings. The van der Waals surface area contributed by atoms with Gasteiger partial charge in [0.2, 0.25) is 0 Å². The summed E-state index contributed by atoms with van der Waals surface area (Å²) in [6.07, 6.45) is 0.822. The van der Waals surface area contributed by atoms with Gasteiger partial charge in [0.15, 0.2) is 0 Å². The van der Waals surface area contributed by atoms with Crippen molar-refractivity contribution < 1.29 is 24.2 Å². The average Bonchev–Trinajstić information content (AvgIpc) is 2.60. The van der Waals surface area contributed by atoms with Crippen molar-refractivity contribution in [2.75, 3.05) is 12.3 Å². The number of alkyl carbamates (subject to hydrolysis) is 1. The molecule has 0 radical (unpaired) electrons. The van der Waals surface area contributed by atoms with Crippen LogP contribution < -0.4 is 16.4 Å². The molecule has 0 saturated carbocycles. The number of nitrogen functional groups attached to an aromatic ring is 1. The Hall–Kier alpha value is -2.77. The lowest BCUT2D eigenvalue weighted by Crippen LogP contribution is -2.41. The molecule has 0 aliphatic rings. The summed E-state index contributed by atoms with van der Waals surface area (Å²) in [6, 6.07) is 5.31. The predicted molar refractivity (Wildman–Crippen MR) is 109 cm³/mol. The van der Waals surface area contributed by atoms with Crippen molar-refractivity contribution in [3.63, 3.8) is 0 Å². The van der Waals surface area contributed by atoms with Crippen LogP contribution in [0.2, 0.25) is 0 Å². The molecular weight excluding hydrogens is 362 g/mol. The Kier molecular flexibility index (Phi) is 11.3. The summed E-state index contributed by atoms with van der Waals surface area (Å²) in [5.41, 5.74) is 5.79. The Morgan fingerprint density at radius 1 is 1.18 bits per heavy atom. The third kappa shape index (κ3) is 11.1. The van der Waals surface area contributed by atoms with Crippen LogP contribution in [0.3, 0.4) is 0 Å². The van der Waals surface area contributed by atoms with E-state index in [0.29, 0.717) is 30.6 Å². The van der Waals surface area contributed by atoms with Gasteiger partial charge in [0.25, 0.3) is 5.91 Å². The number of ether oxygens (including phenoxy) is 1. The molecule has 0 saturated heterocycles. The van der Waals surface area contributed by atoms with Gasteiger partial charge in [-0.1, -0.05) is 19.9 Å². The van der Waals surface area contributed by atoms with Crippen molar-refractivity contribution >= 4 is 23.7 Å². The Labute approximate surface area is 166 Å². The first-order valence-electron chi connectivity index (χ1n) is 9.44. The number of unbranched alkanes of at least 4 members (excludes halogenated alkanes) is 1. The molecular formula is C20H33N3O5. The molecule has 1 atom stereocenters. The SMILES string of the molecule is CC.CC(C)(C)OC(=O)NCCCCC(NC(=O)c1cccc(N)c1)C(=O)O. The van der Waals surface area contributed by atoms with Gasteiger partial charge in [0.05, 0.1) is 0 Å². The molecule has 2 amide bonds. The molecule has 5 N–H and O–H groups in total. The smallest absolute Gasteiger partial charge is 0.407 e. The highest BCUT2D eigenvalue weighted by molar-refractivity contribution is 5.97. The van der Waals surface area contributed by atoms with Crippen LogP contribution in [0.1, 0.15) is 64.2 Å². The van der Waals surface area contributed by atoms with Gasteiger partial charge in [-0.05, 0) is 58.2 Å². The Morgan fingerprint density at radius 3 is 2.36 bits per heavy atom. The van der Waals surface area contributed by atoms with Gasteiger partial charge >= 0.3 is 12.1 Å². The lowest BCUT2D eigenvalue weighted by molar-refractivity contribution is -0.139. The van der Waals surface area contributed by atoms with Gasteiger partial charge in [-0.2, -0.15) is 0 Å². The second-order valence-corrected chi connectivity index (χ2v) is 6.91. The number of carbonyl (C=O) groups is 3. The number of carboxylic acids is 1. The molecule has 8 heteroatoms. The number of carboxylic acid groups (broad SMARTS) is 1. The van der Waals surface area contributed by atoms with E-state index in [2.05, 4.69) is 10.6 Å². The van der Waals surface area contributed by atoms with E-state index >= 15 is 0 Å². The molecule has 0 spiro atoms. The molecule has 0 heterocycles. The Bertz CT molecular complexity index is 641. The number of rotatable bonds is 8. The van der Waals surface area contributed by atoms with Gasteiger partial charge < -0.3 is 26.2 Å². The van der Waals surface area contributed by atoms with Crippen molar-refractivity contribution in [3.05, 3.63) is 29.8 Å². The number of nitrogens with two attached hydrogens (primary N) is 1. The standard InChI is InChI=1S/C18H27N3O5.C2H6/c1-18(2,3)26-17(25)20-10-5-4-9-14(16(23)24)21-15(22)12-7-6-8-13(19)11-12;1-2/h6-8,11,14H,4-5,9-10,19H2,1-3H3,(H,20,25)(H,21,22)(H,23,24);1-2H3. The summed E-state index contributed by atoms with van der Waals surface area (Å²) < 4.78 is 5.10. The van der Waals surface area contributed by atoms with Crippen LogP contribution in [-0.4, -0.2) is 41.3 Å². The van der Waals surface area contributed by atoms with Crippen LogP contribution >= 0.6 is 0 Å². The maximum Gasteiger partial charge on any atom is 0.407 e. The number of aliphatic carboxylic acids is 1. The molecule has 1 unspecified atom stereocenters. The van der Waals surface area contributed by atoms with Crippen LogP contribution in [-0.2, 0) is 9.53 Å². The summed E-state index contributed by atoms with van der Waals surface area (Å²) in [5.74, 6) is -1.60. The highest BCUT2D eigenvalue weighted by atomic mass is 16.6. The normalized spacial score (nSPS) is 11.5. The first-order valence-corrected chi connectivity index (χ1v) is 9.44. The fraction of sp³-hybridized carbons (Fsp3) is 0.550. The zero-order valence-corrected chi connectivity index (χ0v) is 17.4. The third-order valence-corrected chi connectivity index (χ3v) is 3.34. The Balaban J connectivity index is 0.00000352. The minimum Gasteiger partial charge on any atom is -0.480 e. The number of anilines is 1. The Morgan fingerprint density at radius 2 is 1.82 bits per heavy atom. The highest BCUT2D eigenvalue weighted by Gasteiger charge is 2.20. The average molecular weight is 396 g/mol. The molecule has 8 nitrogen and oxygen atoms in total. The van der Waals surface area contributed by atoms with Gasteiger partial charge in [0.1, 0.15) is 11.6 Å². The van der Waals surface area contributed by atoms with E-state index in [1.807, 2.05) is 13.8 Å². The maximum absolute atomic E-state index is 12.1. The minimum atomic E-state index is -1.11. The number of carbonyl (C=O) groups excluding carboxylic acids is 2. The zero-order valence-electron chi connectivity index (χ0n) is 17.4.